The van der Waals surface area contributed by atoms with Crippen LogP contribution in [-0.4, -0.2) is 33.2 Å². The van der Waals surface area contributed by atoms with E-state index in [9.17, 15) is 4.79 Å². The van der Waals surface area contributed by atoms with Gasteiger partial charge in [-0.2, -0.15) is 0 Å². The van der Waals surface area contributed by atoms with Gasteiger partial charge in [-0.1, -0.05) is 19.8 Å². The van der Waals surface area contributed by atoms with Crippen LogP contribution in [0.3, 0.4) is 0 Å². The molecule has 2 amide bonds. The predicted molar refractivity (Wildman–Crippen MR) is 95.0 cm³/mol. The van der Waals surface area contributed by atoms with Gasteiger partial charge >= 0.3 is 6.03 Å². The van der Waals surface area contributed by atoms with Crippen LogP contribution in [-0.2, 0) is 6.42 Å². The van der Waals surface area contributed by atoms with E-state index in [1.807, 2.05) is 25.3 Å². The summed E-state index contributed by atoms with van der Waals surface area (Å²) in [4.78, 5) is 21.2. The minimum Gasteiger partial charge on any atom is -0.338 e. The lowest BCUT2D eigenvalue weighted by atomic mass is 10.2. The van der Waals surface area contributed by atoms with E-state index in [2.05, 4.69) is 27.1 Å². The molecule has 6 heteroatoms. The Morgan fingerprint density at radius 1 is 1.42 bits per heavy atom. The van der Waals surface area contributed by atoms with Crippen LogP contribution in [0.5, 0.6) is 0 Å². The molecular weight excluding hydrogens is 302 g/mol. The minimum atomic E-state index is -0.106. The molecule has 1 fully saturated rings. The molecule has 2 heterocycles. The van der Waals surface area contributed by atoms with Gasteiger partial charge in [-0.15, -0.1) is 0 Å². The Bertz CT molecular complexity index is 690. The third-order valence-electron chi connectivity index (χ3n) is 4.84. The van der Waals surface area contributed by atoms with Crippen molar-refractivity contribution < 1.29 is 4.79 Å². The lowest BCUT2D eigenvalue weighted by Gasteiger charge is -2.16. The molecule has 0 saturated heterocycles. The average Bonchev–Trinajstić information content (AvgIpc) is 3.21. The predicted octanol–water partition coefficient (Wildman–Crippen LogP) is 3.19. The number of nitrogens with one attached hydrogen (secondary N) is 2. The van der Waals surface area contributed by atoms with Crippen LogP contribution < -0.4 is 10.6 Å². The summed E-state index contributed by atoms with van der Waals surface area (Å²) >= 11 is 0. The van der Waals surface area contributed by atoms with Gasteiger partial charge in [0.05, 0.1) is 0 Å². The molecule has 24 heavy (non-hydrogen) atoms. The maximum atomic E-state index is 11.9. The zero-order valence-corrected chi connectivity index (χ0v) is 14.6. The molecule has 1 saturated carbocycles. The van der Waals surface area contributed by atoms with Gasteiger partial charge in [0.15, 0.2) is 5.65 Å². The van der Waals surface area contributed by atoms with Gasteiger partial charge in [-0.3, -0.25) is 0 Å². The number of carbonyl (C=O) groups excluding carboxylic acids is 1. The molecule has 0 aromatic carbocycles. The lowest BCUT2D eigenvalue weighted by Crippen LogP contribution is -2.41. The summed E-state index contributed by atoms with van der Waals surface area (Å²) in [7, 11) is 0. The molecule has 6 nitrogen and oxygen atoms in total. The number of aromatic nitrogens is 3. The largest absolute Gasteiger partial charge is 0.338 e. The van der Waals surface area contributed by atoms with Gasteiger partial charge in [0.2, 0.25) is 0 Å². The van der Waals surface area contributed by atoms with E-state index in [-0.39, 0.29) is 12.1 Å². The molecule has 2 N–H and O–H groups in total. The first-order valence-electron chi connectivity index (χ1n) is 9.05. The number of fused-ring (bicyclic) bond motifs is 1. The molecular formula is C18H27N5O. The number of nitrogens with zero attached hydrogens (tertiary/aromatic N) is 3. The number of hydrogen-bond donors (Lipinski definition) is 2. The normalized spacial score (nSPS) is 16.4. The van der Waals surface area contributed by atoms with Crippen molar-refractivity contribution in [1.82, 2.24) is 25.2 Å². The van der Waals surface area contributed by atoms with Gasteiger partial charge in [0.25, 0.3) is 0 Å². The summed E-state index contributed by atoms with van der Waals surface area (Å²) < 4.78 is 2.30. The van der Waals surface area contributed by atoms with E-state index in [0.717, 1.165) is 29.8 Å². The van der Waals surface area contributed by atoms with E-state index in [1.54, 1.807) is 0 Å². The van der Waals surface area contributed by atoms with Gasteiger partial charge in [0.1, 0.15) is 11.3 Å². The number of amides is 2. The molecule has 1 atom stereocenters. The molecule has 0 bridgehead atoms. The van der Waals surface area contributed by atoms with Crippen molar-refractivity contribution in [3.8, 4) is 0 Å². The summed E-state index contributed by atoms with van der Waals surface area (Å²) in [6, 6.07) is 4.52. The van der Waals surface area contributed by atoms with E-state index < -0.39 is 0 Å². The van der Waals surface area contributed by atoms with Crippen LogP contribution in [0.2, 0.25) is 0 Å². The van der Waals surface area contributed by atoms with Gasteiger partial charge < -0.3 is 15.2 Å². The Labute approximate surface area is 143 Å². The standard InChI is InChI=1S/C18H27N5O/c1-3-13(2)21-18(24)20-12-10-16-22-15-9-6-11-19-17(15)23(16)14-7-4-5-8-14/h6,9,11,13-14H,3-5,7-8,10,12H2,1-2H3,(H2,20,21,24). The molecule has 130 valence electrons. The second-order valence-corrected chi connectivity index (χ2v) is 6.64. The summed E-state index contributed by atoms with van der Waals surface area (Å²) in [5, 5.41) is 5.86. The summed E-state index contributed by atoms with van der Waals surface area (Å²) in [5.74, 6) is 1.03. The number of urea groups is 1. The maximum absolute atomic E-state index is 11.9. The Hall–Kier alpha value is -2.11. The van der Waals surface area contributed by atoms with Crippen LogP contribution in [0, 0.1) is 0 Å². The third kappa shape index (κ3) is 3.68. The van der Waals surface area contributed by atoms with Crippen molar-refractivity contribution >= 4 is 17.2 Å². The number of rotatable bonds is 6. The molecule has 2 aromatic rings. The smallest absolute Gasteiger partial charge is 0.315 e. The number of carbonyl (C=O) groups is 1. The number of pyridine rings is 1. The average molecular weight is 329 g/mol. The second kappa shape index (κ2) is 7.64. The number of imidazole rings is 1. The van der Waals surface area contributed by atoms with Crippen LogP contribution >= 0.6 is 0 Å². The van der Waals surface area contributed by atoms with Crippen molar-refractivity contribution in [2.24, 2.45) is 0 Å². The Kier molecular flexibility index (Phi) is 5.33. The van der Waals surface area contributed by atoms with Crippen LogP contribution in [0.25, 0.3) is 11.2 Å². The van der Waals surface area contributed by atoms with Crippen LogP contribution in [0.1, 0.15) is 57.8 Å². The highest BCUT2D eigenvalue weighted by molar-refractivity contribution is 5.74. The van der Waals surface area contributed by atoms with E-state index in [1.165, 1.54) is 25.7 Å². The third-order valence-corrected chi connectivity index (χ3v) is 4.84. The van der Waals surface area contributed by atoms with Crippen molar-refractivity contribution in [1.29, 1.82) is 0 Å². The highest BCUT2D eigenvalue weighted by Gasteiger charge is 2.23. The molecule has 2 aromatic heterocycles. The van der Waals surface area contributed by atoms with Crippen LogP contribution in [0.4, 0.5) is 4.79 Å². The number of hydrogen-bond acceptors (Lipinski definition) is 3. The first-order valence-corrected chi connectivity index (χ1v) is 9.05. The molecule has 0 radical (unpaired) electrons. The van der Waals surface area contributed by atoms with Gasteiger partial charge in [-0.05, 0) is 38.3 Å². The SMILES string of the molecule is CCC(C)NC(=O)NCCc1nc2cccnc2n1C1CCCC1. The van der Waals surface area contributed by atoms with E-state index in [0.29, 0.717) is 12.6 Å². The highest BCUT2D eigenvalue weighted by Crippen LogP contribution is 2.33. The second-order valence-electron chi connectivity index (χ2n) is 6.64. The van der Waals surface area contributed by atoms with Crippen LogP contribution in [0.15, 0.2) is 18.3 Å². The Morgan fingerprint density at radius 2 is 2.21 bits per heavy atom. The monoisotopic (exact) mass is 329 g/mol. The van der Waals surface area contributed by atoms with Gasteiger partial charge in [-0.25, -0.2) is 14.8 Å². The Morgan fingerprint density at radius 3 is 2.96 bits per heavy atom. The summed E-state index contributed by atoms with van der Waals surface area (Å²) in [5.41, 5.74) is 1.92. The van der Waals surface area contributed by atoms with E-state index >= 15 is 0 Å². The van der Waals surface area contributed by atoms with Gasteiger partial charge in [0, 0.05) is 31.2 Å². The molecule has 1 aliphatic rings. The van der Waals surface area contributed by atoms with E-state index in [4.69, 9.17) is 4.98 Å². The fourth-order valence-electron chi connectivity index (χ4n) is 3.36. The fraction of sp³-hybridized carbons (Fsp3) is 0.611. The maximum Gasteiger partial charge on any atom is 0.315 e. The first kappa shape index (κ1) is 16.7. The molecule has 0 aliphatic heterocycles. The van der Waals surface area contributed by atoms with Crippen molar-refractivity contribution in [3.63, 3.8) is 0 Å². The van der Waals surface area contributed by atoms with Crippen molar-refractivity contribution in [3.05, 3.63) is 24.2 Å². The molecule has 0 spiro atoms. The zero-order valence-electron chi connectivity index (χ0n) is 14.6. The zero-order chi connectivity index (χ0) is 16.9. The minimum absolute atomic E-state index is 0.106. The Balaban J connectivity index is 1.70. The van der Waals surface area contributed by atoms with Crippen molar-refractivity contribution in [2.45, 2.75) is 64.5 Å². The summed E-state index contributed by atoms with van der Waals surface area (Å²) in [6.07, 6.45) is 8.40. The fourth-order valence-corrected chi connectivity index (χ4v) is 3.36. The molecule has 3 rings (SSSR count). The quantitative estimate of drug-likeness (QED) is 0.855. The molecule has 1 aliphatic carbocycles. The summed E-state index contributed by atoms with van der Waals surface area (Å²) in [6.45, 7) is 4.64. The lowest BCUT2D eigenvalue weighted by molar-refractivity contribution is 0.237. The highest BCUT2D eigenvalue weighted by atomic mass is 16.2. The topological polar surface area (TPSA) is 71.8 Å². The van der Waals surface area contributed by atoms with Crippen molar-refractivity contribution in [2.75, 3.05) is 6.54 Å². The first-order chi connectivity index (χ1) is 11.7. The molecule has 1 unspecified atom stereocenters.